The summed E-state index contributed by atoms with van der Waals surface area (Å²) in [6.07, 6.45) is 3.72. The summed E-state index contributed by atoms with van der Waals surface area (Å²) in [6.45, 7) is 4.65. The van der Waals surface area contributed by atoms with E-state index in [1.54, 1.807) is 7.05 Å². The van der Waals surface area contributed by atoms with Crippen LogP contribution in [0.3, 0.4) is 0 Å². The van der Waals surface area contributed by atoms with Crippen LogP contribution in [0.25, 0.3) is 0 Å². The van der Waals surface area contributed by atoms with Crippen molar-refractivity contribution in [1.29, 1.82) is 0 Å². The number of benzene rings is 1. The topological polar surface area (TPSA) is 64.0 Å². The van der Waals surface area contributed by atoms with Gasteiger partial charge in [-0.05, 0) is 23.8 Å². The first-order valence-corrected chi connectivity index (χ1v) is 8.89. The predicted molar refractivity (Wildman–Crippen MR) is 86.9 cm³/mol. The Morgan fingerprint density at radius 1 is 1.23 bits per heavy atom. The predicted octanol–water partition coefficient (Wildman–Crippen LogP) is 2.21. The van der Waals surface area contributed by atoms with Gasteiger partial charge in [0.15, 0.2) is 0 Å². The zero-order chi connectivity index (χ0) is 16.2. The zero-order valence-corrected chi connectivity index (χ0v) is 14.0. The molecule has 0 saturated carbocycles. The lowest BCUT2D eigenvalue weighted by Crippen LogP contribution is -2.32. The molecular formula is C16H23N3O2S. The van der Waals surface area contributed by atoms with E-state index in [1.807, 2.05) is 18.2 Å². The van der Waals surface area contributed by atoms with E-state index < -0.39 is 10.0 Å². The first kappa shape index (κ1) is 16.7. The maximum atomic E-state index is 12.3. The second kappa shape index (κ2) is 7.07. The lowest BCUT2D eigenvalue weighted by molar-refractivity contribution is 0.379. The normalized spacial score (nSPS) is 13.5. The Kier molecular flexibility index (Phi) is 5.37. The Hall–Kier alpha value is -1.66. The monoisotopic (exact) mass is 321 g/mol. The summed E-state index contributed by atoms with van der Waals surface area (Å²) >= 11 is 0. The first-order valence-electron chi connectivity index (χ1n) is 7.40. The summed E-state index contributed by atoms with van der Waals surface area (Å²) in [6, 6.07) is 10.1. The lowest BCUT2D eigenvalue weighted by atomic mass is 9.89. The van der Waals surface area contributed by atoms with E-state index in [1.165, 1.54) is 22.6 Å². The smallest absolute Gasteiger partial charge is 0.243 e. The fraction of sp³-hybridized carbons (Fsp3) is 0.438. The summed E-state index contributed by atoms with van der Waals surface area (Å²) in [5, 5.41) is 3.91. The molecule has 1 heterocycles. The fourth-order valence-electron chi connectivity index (χ4n) is 2.30. The van der Waals surface area contributed by atoms with Gasteiger partial charge < -0.3 is 0 Å². The SMILES string of the molecule is CC(C)C(CNS(=O)(=O)c1cnn(C)c1)Cc1ccccc1. The summed E-state index contributed by atoms with van der Waals surface area (Å²) in [5.41, 5.74) is 1.22. The van der Waals surface area contributed by atoms with Crippen LogP contribution in [0, 0.1) is 11.8 Å². The van der Waals surface area contributed by atoms with Crippen LogP contribution in [0.1, 0.15) is 19.4 Å². The van der Waals surface area contributed by atoms with E-state index in [4.69, 9.17) is 0 Å². The van der Waals surface area contributed by atoms with Crippen LogP contribution < -0.4 is 4.72 Å². The Morgan fingerprint density at radius 3 is 2.45 bits per heavy atom. The summed E-state index contributed by atoms with van der Waals surface area (Å²) in [7, 11) is -1.79. The number of aromatic nitrogens is 2. The number of hydrogen-bond acceptors (Lipinski definition) is 3. The van der Waals surface area contributed by atoms with Crippen molar-refractivity contribution in [3.63, 3.8) is 0 Å². The number of hydrogen-bond donors (Lipinski definition) is 1. The molecule has 22 heavy (non-hydrogen) atoms. The number of nitrogens with one attached hydrogen (secondary N) is 1. The van der Waals surface area contributed by atoms with Crippen LogP contribution in [0.15, 0.2) is 47.6 Å². The molecule has 1 aromatic heterocycles. The van der Waals surface area contributed by atoms with Gasteiger partial charge in [-0.1, -0.05) is 44.2 Å². The molecule has 6 heteroatoms. The van der Waals surface area contributed by atoms with Gasteiger partial charge in [0.2, 0.25) is 10.0 Å². The summed E-state index contributed by atoms with van der Waals surface area (Å²) in [4.78, 5) is 0.206. The van der Waals surface area contributed by atoms with Crippen LogP contribution >= 0.6 is 0 Å². The molecule has 1 unspecified atom stereocenters. The highest BCUT2D eigenvalue weighted by Crippen LogP contribution is 2.17. The van der Waals surface area contributed by atoms with Crippen molar-refractivity contribution in [1.82, 2.24) is 14.5 Å². The van der Waals surface area contributed by atoms with Crippen LogP contribution in [-0.4, -0.2) is 24.7 Å². The molecule has 0 aliphatic rings. The Morgan fingerprint density at radius 2 is 1.91 bits per heavy atom. The van der Waals surface area contributed by atoms with Crippen molar-refractivity contribution in [3.8, 4) is 0 Å². The molecule has 0 aliphatic carbocycles. The average Bonchev–Trinajstić information content (AvgIpc) is 2.92. The molecule has 0 amide bonds. The van der Waals surface area contributed by atoms with Crippen LogP contribution in [0.5, 0.6) is 0 Å². The second-order valence-corrected chi connectivity index (χ2v) is 7.66. The van der Waals surface area contributed by atoms with E-state index in [0.717, 1.165) is 6.42 Å². The van der Waals surface area contributed by atoms with Gasteiger partial charge in [0, 0.05) is 19.8 Å². The van der Waals surface area contributed by atoms with Gasteiger partial charge in [-0.3, -0.25) is 4.68 Å². The van der Waals surface area contributed by atoms with Crippen molar-refractivity contribution in [3.05, 3.63) is 48.3 Å². The van der Waals surface area contributed by atoms with E-state index in [0.29, 0.717) is 12.5 Å². The van der Waals surface area contributed by atoms with Gasteiger partial charge in [-0.25, -0.2) is 13.1 Å². The Balaban J connectivity index is 2.03. The van der Waals surface area contributed by atoms with Gasteiger partial charge in [-0.15, -0.1) is 0 Å². The third kappa shape index (κ3) is 4.42. The molecule has 0 fully saturated rings. The minimum Gasteiger partial charge on any atom is -0.274 e. The van der Waals surface area contributed by atoms with Gasteiger partial charge in [0.25, 0.3) is 0 Å². The molecule has 1 aromatic carbocycles. The summed E-state index contributed by atoms with van der Waals surface area (Å²) in [5.74, 6) is 0.630. The largest absolute Gasteiger partial charge is 0.274 e. The Labute approximate surface area is 132 Å². The first-order chi connectivity index (χ1) is 10.4. The van der Waals surface area contributed by atoms with Crippen molar-refractivity contribution in [2.24, 2.45) is 18.9 Å². The van der Waals surface area contributed by atoms with Crippen molar-refractivity contribution in [2.45, 2.75) is 25.2 Å². The number of nitrogens with zero attached hydrogens (tertiary/aromatic N) is 2. The quantitative estimate of drug-likeness (QED) is 0.850. The van der Waals surface area contributed by atoms with Crippen LogP contribution in [0.2, 0.25) is 0 Å². The molecule has 2 aromatic rings. The number of sulfonamides is 1. The van der Waals surface area contributed by atoms with Gasteiger partial charge in [-0.2, -0.15) is 5.10 Å². The van der Waals surface area contributed by atoms with E-state index in [-0.39, 0.29) is 10.8 Å². The van der Waals surface area contributed by atoms with E-state index >= 15 is 0 Å². The zero-order valence-electron chi connectivity index (χ0n) is 13.2. The van der Waals surface area contributed by atoms with E-state index in [9.17, 15) is 8.42 Å². The molecular weight excluding hydrogens is 298 g/mol. The Bertz CT molecular complexity index is 693. The molecule has 120 valence electrons. The fourth-order valence-corrected chi connectivity index (χ4v) is 3.38. The summed E-state index contributed by atoms with van der Waals surface area (Å²) < 4.78 is 28.7. The average molecular weight is 321 g/mol. The minimum absolute atomic E-state index is 0.206. The lowest BCUT2D eigenvalue weighted by Gasteiger charge is -2.21. The molecule has 5 nitrogen and oxygen atoms in total. The maximum absolute atomic E-state index is 12.3. The number of rotatable bonds is 7. The highest BCUT2D eigenvalue weighted by Gasteiger charge is 2.20. The van der Waals surface area contributed by atoms with Crippen LogP contribution in [0.4, 0.5) is 0 Å². The molecule has 2 rings (SSSR count). The molecule has 0 saturated heterocycles. The molecule has 0 radical (unpaired) electrons. The van der Waals surface area contributed by atoms with Crippen LogP contribution in [-0.2, 0) is 23.5 Å². The van der Waals surface area contributed by atoms with Crippen molar-refractivity contribution in [2.75, 3.05) is 6.54 Å². The van der Waals surface area contributed by atoms with Gasteiger partial charge in [0.05, 0.1) is 6.20 Å². The molecule has 0 spiro atoms. The van der Waals surface area contributed by atoms with Gasteiger partial charge in [0.1, 0.15) is 4.90 Å². The maximum Gasteiger partial charge on any atom is 0.243 e. The second-order valence-electron chi connectivity index (χ2n) is 5.90. The molecule has 0 bridgehead atoms. The number of aryl methyl sites for hydroxylation is 1. The highest BCUT2D eigenvalue weighted by atomic mass is 32.2. The minimum atomic E-state index is -3.49. The van der Waals surface area contributed by atoms with Crippen molar-refractivity contribution >= 4 is 10.0 Å². The molecule has 1 N–H and O–H groups in total. The van der Waals surface area contributed by atoms with E-state index in [2.05, 4.69) is 35.8 Å². The van der Waals surface area contributed by atoms with Crippen molar-refractivity contribution < 1.29 is 8.42 Å². The third-order valence-electron chi connectivity index (χ3n) is 3.81. The van der Waals surface area contributed by atoms with Gasteiger partial charge >= 0.3 is 0 Å². The highest BCUT2D eigenvalue weighted by molar-refractivity contribution is 7.89. The standard InChI is InChI=1S/C16H23N3O2S/c1-13(2)15(9-14-7-5-4-6-8-14)10-18-22(20,21)16-11-17-19(3)12-16/h4-8,11-13,15,18H,9-10H2,1-3H3. The third-order valence-corrected chi connectivity index (χ3v) is 5.19. The molecule has 0 aliphatic heterocycles. The molecule has 1 atom stereocenters.